The Morgan fingerprint density at radius 2 is 1.88 bits per heavy atom. The van der Waals surface area contributed by atoms with Gasteiger partial charge in [0.1, 0.15) is 5.65 Å². The largest absolute Gasteiger partial charge is 0.343 e. The van der Waals surface area contributed by atoms with Crippen molar-refractivity contribution in [1.29, 1.82) is 0 Å². The summed E-state index contributed by atoms with van der Waals surface area (Å²) < 4.78 is 3.00. The summed E-state index contributed by atoms with van der Waals surface area (Å²) in [5.41, 5.74) is 3.79. The van der Waals surface area contributed by atoms with Gasteiger partial charge in [-0.3, -0.25) is 4.79 Å². The van der Waals surface area contributed by atoms with E-state index in [0.717, 1.165) is 22.4 Å². The van der Waals surface area contributed by atoms with Crippen LogP contribution in [0, 0.1) is 6.92 Å². The highest BCUT2D eigenvalue weighted by Gasteiger charge is 2.17. The molecule has 0 unspecified atom stereocenters. The topological polar surface area (TPSA) is 93.8 Å². The molecule has 0 radical (unpaired) electrons. The van der Waals surface area contributed by atoms with Gasteiger partial charge in [-0.1, -0.05) is 13.8 Å². The minimum absolute atomic E-state index is 0.0914. The average molecular weight is 335 g/mol. The number of hydrogen-bond donors (Lipinski definition) is 1. The first-order chi connectivity index (χ1) is 12.1. The van der Waals surface area contributed by atoms with Crippen molar-refractivity contribution >= 4 is 5.65 Å². The molecule has 0 aliphatic rings. The van der Waals surface area contributed by atoms with Crippen molar-refractivity contribution in [1.82, 2.24) is 34.3 Å². The van der Waals surface area contributed by atoms with Crippen LogP contribution in [0.2, 0.25) is 0 Å². The first kappa shape index (κ1) is 15.3. The van der Waals surface area contributed by atoms with Crippen molar-refractivity contribution in [3.63, 3.8) is 0 Å². The molecule has 8 heteroatoms. The minimum atomic E-state index is -0.0914. The van der Waals surface area contributed by atoms with E-state index < -0.39 is 0 Å². The summed E-state index contributed by atoms with van der Waals surface area (Å²) in [7, 11) is 0. The van der Waals surface area contributed by atoms with E-state index in [2.05, 4.69) is 25.1 Å². The zero-order chi connectivity index (χ0) is 17.6. The lowest BCUT2D eigenvalue weighted by molar-refractivity contribution is 0.780. The molecule has 0 saturated heterocycles. The van der Waals surface area contributed by atoms with Gasteiger partial charge >= 0.3 is 0 Å². The predicted octanol–water partition coefficient (Wildman–Crippen LogP) is 2.10. The summed E-state index contributed by atoms with van der Waals surface area (Å²) in [5, 5.41) is 8.57. The smallest absolute Gasteiger partial charge is 0.278 e. The van der Waals surface area contributed by atoms with Crippen molar-refractivity contribution in [2.24, 2.45) is 0 Å². The molecule has 0 aromatic carbocycles. The molecule has 4 heterocycles. The van der Waals surface area contributed by atoms with Gasteiger partial charge in [-0.2, -0.15) is 14.7 Å². The van der Waals surface area contributed by atoms with E-state index in [1.807, 2.05) is 27.0 Å². The van der Waals surface area contributed by atoms with E-state index in [0.29, 0.717) is 11.6 Å². The Labute approximate surface area is 143 Å². The highest BCUT2D eigenvalue weighted by atomic mass is 16.1. The molecular formula is C17H17N7O. The van der Waals surface area contributed by atoms with Crippen LogP contribution in [-0.4, -0.2) is 34.3 Å². The third-order valence-electron chi connectivity index (χ3n) is 4.13. The fourth-order valence-corrected chi connectivity index (χ4v) is 3.01. The van der Waals surface area contributed by atoms with Gasteiger partial charge in [0.2, 0.25) is 5.95 Å². The third kappa shape index (κ3) is 2.42. The van der Waals surface area contributed by atoms with Gasteiger partial charge in [-0.15, -0.1) is 0 Å². The van der Waals surface area contributed by atoms with E-state index in [1.54, 1.807) is 35.5 Å². The van der Waals surface area contributed by atoms with Gasteiger partial charge in [0.15, 0.2) is 0 Å². The Kier molecular flexibility index (Phi) is 3.45. The maximum Gasteiger partial charge on any atom is 0.278 e. The summed E-state index contributed by atoms with van der Waals surface area (Å²) in [4.78, 5) is 24.4. The molecule has 4 aromatic rings. The van der Waals surface area contributed by atoms with Crippen molar-refractivity contribution < 1.29 is 0 Å². The monoisotopic (exact) mass is 335 g/mol. The van der Waals surface area contributed by atoms with Crippen LogP contribution in [0.1, 0.15) is 31.0 Å². The van der Waals surface area contributed by atoms with Crippen molar-refractivity contribution in [3.8, 4) is 17.1 Å². The van der Waals surface area contributed by atoms with Crippen LogP contribution in [0.5, 0.6) is 0 Å². The molecule has 0 spiro atoms. The van der Waals surface area contributed by atoms with Gasteiger partial charge in [0, 0.05) is 41.0 Å². The molecule has 0 amide bonds. The maximum absolute atomic E-state index is 12.7. The second-order valence-corrected chi connectivity index (χ2v) is 6.16. The fourth-order valence-electron chi connectivity index (χ4n) is 3.01. The van der Waals surface area contributed by atoms with Crippen molar-refractivity contribution in [3.05, 3.63) is 58.7 Å². The van der Waals surface area contributed by atoms with E-state index in [1.165, 1.54) is 4.52 Å². The summed E-state index contributed by atoms with van der Waals surface area (Å²) in [6.07, 6.45) is 8.51. The van der Waals surface area contributed by atoms with E-state index in [-0.39, 0.29) is 11.5 Å². The van der Waals surface area contributed by atoms with Gasteiger partial charge in [-0.05, 0) is 18.9 Å². The molecule has 8 nitrogen and oxygen atoms in total. The van der Waals surface area contributed by atoms with Crippen LogP contribution in [0.4, 0.5) is 0 Å². The van der Waals surface area contributed by atoms with Crippen LogP contribution in [0.25, 0.3) is 22.7 Å². The zero-order valence-electron chi connectivity index (χ0n) is 14.1. The Balaban J connectivity index is 1.86. The van der Waals surface area contributed by atoms with E-state index in [4.69, 9.17) is 0 Å². The van der Waals surface area contributed by atoms with Gasteiger partial charge in [0.05, 0.1) is 12.4 Å². The van der Waals surface area contributed by atoms with Crippen LogP contribution in [0.15, 0.2) is 41.8 Å². The molecule has 0 bridgehead atoms. The highest BCUT2D eigenvalue weighted by Crippen LogP contribution is 2.24. The molecule has 0 fully saturated rings. The molecule has 25 heavy (non-hydrogen) atoms. The van der Waals surface area contributed by atoms with Crippen LogP contribution in [-0.2, 0) is 0 Å². The van der Waals surface area contributed by atoms with Gasteiger partial charge in [-0.25, -0.2) is 14.6 Å². The number of hydrogen-bond acceptors (Lipinski definition) is 5. The fraction of sp³-hybridized carbons (Fsp3) is 0.235. The van der Waals surface area contributed by atoms with Gasteiger partial charge < -0.3 is 4.98 Å². The number of aromatic amines is 1. The number of aromatic nitrogens is 7. The third-order valence-corrected chi connectivity index (χ3v) is 4.13. The van der Waals surface area contributed by atoms with E-state index in [9.17, 15) is 4.79 Å². The lowest BCUT2D eigenvalue weighted by Gasteiger charge is -2.09. The number of fused-ring (bicyclic) bond motifs is 1. The first-order valence-corrected chi connectivity index (χ1v) is 7.99. The van der Waals surface area contributed by atoms with Crippen molar-refractivity contribution in [2.45, 2.75) is 26.7 Å². The maximum atomic E-state index is 12.7. The lowest BCUT2D eigenvalue weighted by atomic mass is 10.0. The SMILES string of the molecule is Cc1[nH]c2c(-c3cnn(-c4ncccn4)c3)cnn2c(=O)c1C(C)C. The number of aryl methyl sites for hydroxylation is 1. The van der Waals surface area contributed by atoms with E-state index >= 15 is 0 Å². The summed E-state index contributed by atoms with van der Waals surface area (Å²) >= 11 is 0. The number of H-pyrrole nitrogens is 1. The first-order valence-electron chi connectivity index (χ1n) is 7.99. The Morgan fingerprint density at radius 3 is 2.60 bits per heavy atom. The Bertz CT molecular complexity index is 1110. The summed E-state index contributed by atoms with van der Waals surface area (Å²) in [6.45, 7) is 5.91. The standard InChI is InChI=1S/C17H17N7O/c1-10(2)14-11(3)22-15-13(8-21-24(15)16(14)25)12-7-20-23(9-12)17-18-5-4-6-19-17/h4-10,22H,1-3H3. The van der Waals surface area contributed by atoms with Gasteiger partial charge in [0.25, 0.3) is 5.56 Å². The summed E-state index contributed by atoms with van der Waals surface area (Å²) in [5.74, 6) is 0.607. The van der Waals surface area contributed by atoms with Crippen LogP contribution >= 0.6 is 0 Å². The second-order valence-electron chi connectivity index (χ2n) is 6.16. The van der Waals surface area contributed by atoms with Crippen LogP contribution < -0.4 is 5.56 Å². The van der Waals surface area contributed by atoms with Crippen molar-refractivity contribution in [2.75, 3.05) is 0 Å². The molecule has 0 atom stereocenters. The number of nitrogens with zero attached hydrogens (tertiary/aromatic N) is 6. The molecule has 4 aromatic heterocycles. The number of rotatable bonds is 3. The Hall–Kier alpha value is -3.29. The predicted molar refractivity (Wildman–Crippen MR) is 92.8 cm³/mol. The minimum Gasteiger partial charge on any atom is -0.343 e. The molecule has 0 aliphatic carbocycles. The number of nitrogens with one attached hydrogen (secondary N) is 1. The quantitative estimate of drug-likeness (QED) is 0.619. The molecule has 0 saturated carbocycles. The molecule has 4 rings (SSSR count). The average Bonchev–Trinajstić information content (AvgIpc) is 3.22. The second kappa shape index (κ2) is 5.66. The molecular weight excluding hydrogens is 318 g/mol. The zero-order valence-corrected chi connectivity index (χ0v) is 14.1. The Morgan fingerprint density at radius 1 is 1.12 bits per heavy atom. The molecule has 1 N–H and O–H groups in total. The lowest BCUT2D eigenvalue weighted by Crippen LogP contribution is -2.22. The normalized spacial score (nSPS) is 11.5. The summed E-state index contributed by atoms with van der Waals surface area (Å²) in [6, 6.07) is 1.75. The highest BCUT2D eigenvalue weighted by molar-refractivity contribution is 5.76. The molecule has 126 valence electrons. The molecule has 0 aliphatic heterocycles. The van der Waals surface area contributed by atoms with Crippen LogP contribution in [0.3, 0.4) is 0 Å².